The number of halogens is 2. The van der Waals surface area contributed by atoms with E-state index in [0.29, 0.717) is 30.0 Å². The monoisotopic (exact) mass is 497 g/mol. The number of nitrogens with one attached hydrogen (secondary N) is 1. The van der Waals surface area contributed by atoms with E-state index in [-0.39, 0.29) is 16.4 Å². The molecule has 2 aromatic rings. The van der Waals surface area contributed by atoms with Gasteiger partial charge in [0.25, 0.3) is 0 Å². The Morgan fingerprint density at radius 1 is 1.09 bits per heavy atom. The van der Waals surface area contributed by atoms with Crippen molar-refractivity contribution in [3.63, 3.8) is 0 Å². The first-order chi connectivity index (χ1) is 16.0. The van der Waals surface area contributed by atoms with E-state index in [4.69, 9.17) is 4.74 Å². The van der Waals surface area contributed by atoms with Crippen molar-refractivity contribution in [3.05, 3.63) is 48.0 Å². The van der Waals surface area contributed by atoms with Crippen LogP contribution in [0.5, 0.6) is 11.5 Å². The second-order valence-corrected chi connectivity index (χ2v) is 9.21. The molecule has 0 heterocycles. The Balaban J connectivity index is 2.30. The van der Waals surface area contributed by atoms with Crippen molar-refractivity contribution in [2.45, 2.75) is 25.4 Å². The number of alkyl halides is 2. The number of nitrogens with zero attached hydrogens (tertiary/aromatic N) is 2. The molecule has 8 nitrogen and oxygen atoms in total. The van der Waals surface area contributed by atoms with Crippen LogP contribution < -0.4 is 19.7 Å². The van der Waals surface area contributed by atoms with Crippen molar-refractivity contribution in [1.29, 1.82) is 0 Å². The third-order valence-electron chi connectivity index (χ3n) is 4.88. The van der Waals surface area contributed by atoms with Gasteiger partial charge in [0.1, 0.15) is 0 Å². The standard InChI is InChI=1S/C23H29F2N3O5S/c1-6-28(7-2)34(30,31)17-10-11-19(27(3)4)18(15-17)26-22(29)13-9-16-8-12-20(33-23(24)25)21(14-16)32-5/h8-15,23H,6-7H2,1-5H3,(H,26,29)/b13-9+. The number of hydrogen-bond donors (Lipinski definition) is 1. The number of rotatable bonds is 11. The molecule has 0 aromatic heterocycles. The Morgan fingerprint density at radius 3 is 2.32 bits per heavy atom. The summed E-state index contributed by atoms with van der Waals surface area (Å²) in [5.74, 6) is -0.541. The van der Waals surface area contributed by atoms with Crippen molar-refractivity contribution in [1.82, 2.24) is 4.31 Å². The summed E-state index contributed by atoms with van der Waals surface area (Å²) in [4.78, 5) is 14.4. The summed E-state index contributed by atoms with van der Waals surface area (Å²) in [6, 6.07) is 8.81. The highest BCUT2D eigenvalue weighted by molar-refractivity contribution is 7.89. The Morgan fingerprint density at radius 2 is 1.76 bits per heavy atom. The molecule has 34 heavy (non-hydrogen) atoms. The van der Waals surface area contributed by atoms with Gasteiger partial charge in [0.05, 0.1) is 23.4 Å². The van der Waals surface area contributed by atoms with Gasteiger partial charge < -0.3 is 19.7 Å². The fourth-order valence-electron chi connectivity index (χ4n) is 3.21. The fraction of sp³-hybridized carbons (Fsp3) is 0.348. The molecule has 2 aromatic carbocycles. The van der Waals surface area contributed by atoms with E-state index >= 15 is 0 Å². The van der Waals surface area contributed by atoms with Crippen molar-refractivity contribution in [2.24, 2.45) is 0 Å². The molecule has 0 aliphatic carbocycles. The number of carbonyl (C=O) groups is 1. The molecule has 186 valence electrons. The minimum atomic E-state index is -3.71. The van der Waals surface area contributed by atoms with Crippen LogP contribution in [0.3, 0.4) is 0 Å². The summed E-state index contributed by atoms with van der Waals surface area (Å²) < 4.78 is 61.5. The molecule has 0 spiro atoms. The lowest BCUT2D eigenvalue weighted by Crippen LogP contribution is -2.30. The molecular weight excluding hydrogens is 468 g/mol. The summed E-state index contributed by atoms with van der Waals surface area (Å²) in [6.07, 6.45) is 2.71. The van der Waals surface area contributed by atoms with Crippen LogP contribution in [0.15, 0.2) is 47.4 Å². The average Bonchev–Trinajstić information content (AvgIpc) is 2.78. The molecule has 0 fully saturated rings. The molecule has 1 amide bonds. The molecule has 0 aliphatic heterocycles. The minimum Gasteiger partial charge on any atom is -0.493 e. The zero-order valence-electron chi connectivity index (χ0n) is 19.7. The number of carbonyl (C=O) groups excluding carboxylic acids is 1. The predicted molar refractivity (Wildman–Crippen MR) is 128 cm³/mol. The van der Waals surface area contributed by atoms with Gasteiger partial charge in [0.2, 0.25) is 15.9 Å². The summed E-state index contributed by atoms with van der Waals surface area (Å²) in [5.41, 5.74) is 1.46. The Labute approximate surface area is 198 Å². The zero-order chi connectivity index (χ0) is 25.5. The van der Waals surface area contributed by atoms with Gasteiger partial charge in [-0.1, -0.05) is 19.9 Å². The number of sulfonamides is 1. The van der Waals surface area contributed by atoms with Gasteiger partial charge in [-0.05, 0) is 42.0 Å². The maximum Gasteiger partial charge on any atom is 0.387 e. The van der Waals surface area contributed by atoms with Gasteiger partial charge in [-0.25, -0.2) is 8.42 Å². The number of ether oxygens (including phenoxy) is 2. The minimum absolute atomic E-state index is 0.0698. The van der Waals surface area contributed by atoms with Gasteiger partial charge in [0, 0.05) is 33.3 Å². The first-order valence-electron chi connectivity index (χ1n) is 10.5. The summed E-state index contributed by atoms with van der Waals surface area (Å²) in [7, 11) is 1.15. The van der Waals surface area contributed by atoms with Crippen LogP contribution in [0.25, 0.3) is 6.08 Å². The van der Waals surface area contributed by atoms with Gasteiger partial charge in [0.15, 0.2) is 11.5 Å². The van der Waals surface area contributed by atoms with E-state index in [0.717, 1.165) is 0 Å². The molecule has 1 N–H and O–H groups in total. The van der Waals surface area contributed by atoms with Crippen LogP contribution in [0.2, 0.25) is 0 Å². The van der Waals surface area contributed by atoms with Gasteiger partial charge in [-0.15, -0.1) is 0 Å². The molecule has 0 atom stereocenters. The summed E-state index contributed by atoms with van der Waals surface area (Å²) in [5, 5.41) is 2.71. The van der Waals surface area contributed by atoms with E-state index in [1.54, 1.807) is 38.9 Å². The molecule has 0 unspecified atom stereocenters. The van der Waals surface area contributed by atoms with Crippen LogP contribution in [-0.4, -0.2) is 59.5 Å². The van der Waals surface area contributed by atoms with Crippen LogP contribution in [0, 0.1) is 0 Å². The molecule has 0 radical (unpaired) electrons. The van der Waals surface area contributed by atoms with Crippen LogP contribution in [-0.2, 0) is 14.8 Å². The highest BCUT2D eigenvalue weighted by Crippen LogP contribution is 2.31. The van der Waals surface area contributed by atoms with Gasteiger partial charge >= 0.3 is 6.61 Å². The third-order valence-corrected chi connectivity index (χ3v) is 6.93. The lowest BCUT2D eigenvalue weighted by molar-refractivity contribution is -0.111. The molecule has 11 heteroatoms. The van der Waals surface area contributed by atoms with E-state index in [1.807, 2.05) is 0 Å². The van der Waals surface area contributed by atoms with E-state index in [1.165, 1.54) is 53.9 Å². The molecule has 0 saturated carbocycles. The quantitative estimate of drug-likeness (QED) is 0.472. The Bertz CT molecular complexity index is 1130. The Kier molecular flexibility index (Phi) is 9.39. The molecule has 2 rings (SSSR count). The van der Waals surface area contributed by atoms with Crippen molar-refractivity contribution >= 4 is 33.4 Å². The second-order valence-electron chi connectivity index (χ2n) is 7.27. The normalized spacial score (nSPS) is 11.8. The van der Waals surface area contributed by atoms with Crippen LogP contribution in [0.4, 0.5) is 20.2 Å². The third kappa shape index (κ3) is 6.67. The van der Waals surface area contributed by atoms with Crippen molar-refractivity contribution < 1.29 is 31.5 Å². The SMILES string of the molecule is CCN(CC)S(=O)(=O)c1ccc(N(C)C)c(NC(=O)/C=C/c2ccc(OC(F)F)c(OC)c2)c1. The van der Waals surface area contributed by atoms with Crippen molar-refractivity contribution in [3.8, 4) is 11.5 Å². The summed E-state index contributed by atoms with van der Waals surface area (Å²) in [6.45, 7) is 1.16. The number of amides is 1. The molecule has 0 saturated heterocycles. The molecule has 0 bridgehead atoms. The summed E-state index contributed by atoms with van der Waals surface area (Å²) >= 11 is 0. The van der Waals surface area contributed by atoms with E-state index in [2.05, 4.69) is 10.1 Å². The van der Waals surface area contributed by atoms with Crippen LogP contribution >= 0.6 is 0 Å². The first-order valence-corrected chi connectivity index (χ1v) is 11.9. The number of methoxy groups -OCH3 is 1. The number of anilines is 2. The number of benzene rings is 2. The smallest absolute Gasteiger partial charge is 0.387 e. The van der Waals surface area contributed by atoms with Gasteiger partial charge in [-0.2, -0.15) is 13.1 Å². The molecular formula is C23H29F2N3O5S. The predicted octanol–water partition coefficient (Wildman–Crippen LogP) is 4.05. The maximum atomic E-state index is 12.9. The van der Waals surface area contributed by atoms with Crippen LogP contribution in [0.1, 0.15) is 19.4 Å². The lowest BCUT2D eigenvalue weighted by Gasteiger charge is -2.22. The largest absolute Gasteiger partial charge is 0.493 e. The zero-order valence-corrected chi connectivity index (χ0v) is 20.5. The number of hydrogen-bond acceptors (Lipinski definition) is 6. The second kappa shape index (κ2) is 11.8. The first kappa shape index (κ1) is 27.1. The van der Waals surface area contributed by atoms with E-state index in [9.17, 15) is 22.0 Å². The Hall–Kier alpha value is -3.18. The highest BCUT2D eigenvalue weighted by Gasteiger charge is 2.23. The highest BCUT2D eigenvalue weighted by atomic mass is 32.2. The average molecular weight is 498 g/mol. The lowest BCUT2D eigenvalue weighted by atomic mass is 10.2. The van der Waals surface area contributed by atoms with Crippen molar-refractivity contribution in [2.75, 3.05) is 44.5 Å². The fourth-order valence-corrected chi connectivity index (χ4v) is 4.69. The van der Waals surface area contributed by atoms with E-state index < -0.39 is 22.5 Å². The van der Waals surface area contributed by atoms with Gasteiger partial charge in [-0.3, -0.25) is 4.79 Å². The topological polar surface area (TPSA) is 88.2 Å². The molecule has 0 aliphatic rings. The maximum absolute atomic E-state index is 12.9.